The lowest BCUT2D eigenvalue weighted by atomic mass is 9.96. The summed E-state index contributed by atoms with van der Waals surface area (Å²) in [6.07, 6.45) is 1.44. The maximum Gasteiger partial charge on any atom is 0.0992 e. The van der Waals surface area contributed by atoms with Gasteiger partial charge >= 0.3 is 0 Å². The molecule has 0 saturated carbocycles. The minimum absolute atomic E-state index is 0.327. The molecule has 1 aromatic carbocycles. The third-order valence-electron chi connectivity index (χ3n) is 2.87. The van der Waals surface area contributed by atoms with Gasteiger partial charge in [0.1, 0.15) is 0 Å². The van der Waals surface area contributed by atoms with Gasteiger partial charge in [-0.1, -0.05) is 43.7 Å². The molecule has 0 aliphatic rings. The third kappa shape index (κ3) is 4.86. The van der Waals surface area contributed by atoms with Crippen molar-refractivity contribution in [3.63, 3.8) is 0 Å². The second-order valence-electron chi connectivity index (χ2n) is 4.71. The van der Waals surface area contributed by atoms with Gasteiger partial charge in [-0.2, -0.15) is 0 Å². The number of rotatable bonds is 7. The van der Waals surface area contributed by atoms with Crippen molar-refractivity contribution in [2.45, 2.75) is 38.4 Å². The van der Waals surface area contributed by atoms with Gasteiger partial charge in [0, 0.05) is 13.1 Å². The van der Waals surface area contributed by atoms with Crippen LogP contribution in [-0.2, 0) is 5.60 Å². The number of hydrogen-bond donors (Lipinski definition) is 3. The highest BCUT2D eigenvalue weighted by Gasteiger charge is 2.22. The maximum atomic E-state index is 10.3. The summed E-state index contributed by atoms with van der Waals surface area (Å²) in [6, 6.07) is 9.57. The molecule has 2 unspecified atom stereocenters. The van der Waals surface area contributed by atoms with Crippen molar-refractivity contribution in [1.82, 2.24) is 5.32 Å². The molecule has 0 amide bonds. The molecule has 0 radical (unpaired) electrons. The quantitative estimate of drug-likeness (QED) is 0.676. The largest absolute Gasteiger partial charge is 0.392 e. The number of aliphatic hydroxyl groups is 2. The SMILES string of the molecule is CCCC(O)CNCC(C)(O)c1ccccc1. The molecule has 0 spiro atoms. The predicted octanol–water partition coefficient (Wildman–Crippen LogP) is 1.64. The standard InChI is InChI=1S/C14H23NO2/c1-3-7-13(16)10-15-11-14(2,17)12-8-5-4-6-9-12/h4-6,8-9,13,15-17H,3,7,10-11H2,1-2H3. The van der Waals surface area contributed by atoms with E-state index in [1.807, 2.05) is 37.3 Å². The van der Waals surface area contributed by atoms with Gasteiger partial charge in [0.25, 0.3) is 0 Å². The predicted molar refractivity (Wildman–Crippen MR) is 69.8 cm³/mol. The van der Waals surface area contributed by atoms with Gasteiger partial charge in [-0.3, -0.25) is 0 Å². The van der Waals surface area contributed by atoms with Crippen LogP contribution in [0.5, 0.6) is 0 Å². The summed E-state index contributed by atoms with van der Waals surface area (Å²) < 4.78 is 0. The molecule has 1 rings (SSSR count). The van der Waals surface area contributed by atoms with Crippen LogP contribution in [0.15, 0.2) is 30.3 Å². The first-order valence-electron chi connectivity index (χ1n) is 6.23. The van der Waals surface area contributed by atoms with Gasteiger partial charge < -0.3 is 15.5 Å². The highest BCUT2D eigenvalue weighted by Crippen LogP contribution is 2.18. The normalized spacial score (nSPS) is 16.5. The molecule has 0 heterocycles. The van der Waals surface area contributed by atoms with E-state index < -0.39 is 5.60 Å². The van der Waals surface area contributed by atoms with Crippen molar-refractivity contribution in [3.05, 3.63) is 35.9 Å². The molecule has 0 aromatic heterocycles. The zero-order valence-corrected chi connectivity index (χ0v) is 10.7. The number of nitrogens with one attached hydrogen (secondary N) is 1. The molecule has 3 N–H and O–H groups in total. The van der Waals surface area contributed by atoms with E-state index in [9.17, 15) is 10.2 Å². The van der Waals surface area contributed by atoms with E-state index in [4.69, 9.17) is 0 Å². The number of hydrogen-bond acceptors (Lipinski definition) is 3. The Morgan fingerprint density at radius 2 is 1.94 bits per heavy atom. The second kappa shape index (κ2) is 6.74. The third-order valence-corrected chi connectivity index (χ3v) is 2.87. The molecular formula is C14H23NO2. The van der Waals surface area contributed by atoms with Crippen molar-refractivity contribution in [2.75, 3.05) is 13.1 Å². The Hall–Kier alpha value is -0.900. The van der Waals surface area contributed by atoms with Crippen molar-refractivity contribution >= 4 is 0 Å². The summed E-state index contributed by atoms with van der Waals surface area (Å²) in [4.78, 5) is 0. The Labute approximate surface area is 103 Å². The number of benzene rings is 1. The van der Waals surface area contributed by atoms with E-state index in [1.54, 1.807) is 6.92 Å². The summed E-state index contributed by atoms with van der Waals surface area (Å²) >= 11 is 0. The van der Waals surface area contributed by atoms with Crippen LogP contribution in [0, 0.1) is 0 Å². The zero-order chi connectivity index (χ0) is 12.7. The van der Waals surface area contributed by atoms with Crippen LogP contribution in [0.3, 0.4) is 0 Å². The molecule has 0 aliphatic carbocycles. The minimum atomic E-state index is -0.896. The molecule has 0 fully saturated rings. The lowest BCUT2D eigenvalue weighted by Gasteiger charge is -2.25. The van der Waals surface area contributed by atoms with Gasteiger partial charge in [-0.15, -0.1) is 0 Å². The van der Waals surface area contributed by atoms with E-state index in [2.05, 4.69) is 5.32 Å². The van der Waals surface area contributed by atoms with Crippen LogP contribution < -0.4 is 5.32 Å². The molecule has 3 nitrogen and oxygen atoms in total. The van der Waals surface area contributed by atoms with Gasteiger partial charge in [-0.05, 0) is 18.9 Å². The summed E-state index contributed by atoms with van der Waals surface area (Å²) in [5.41, 5.74) is -0.00908. The van der Waals surface area contributed by atoms with Gasteiger partial charge in [0.15, 0.2) is 0 Å². The molecule has 17 heavy (non-hydrogen) atoms. The van der Waals surface area contributed by atoms with Crippen LogP contribution in [0.2, 0.25) is 0 Å². The summed E-state index contributed by atoms with van der Waals surface area (Å²) in [5, 5.41) is 23.0. The lowest BCUT2D eigenvalue weighted by Crippen LogP contribution is -2.38. The Bertz CT molecular complexity index is 311. The lowest BCUT2D eigenvalue weighted by molar-refractivity contribution is 0.0520. The van der Waals surface area contributed by atoms with E-state index in [1.165, 1.54) is 0 Å². The van der Waals surface area contributed by atoms with Crippen molar-refractivity contribution in [3.8, 4) is 0 Å². The second-order valence-corrected chi connectivity index (χ2v) is 4.71. The maximum absolute atomic E-state index is 10.3. The van der Waals surface area contributed by atoms with Gasteiger partial charge in [0.2, 0.25) is 0 Å². The number of aliphatic hydroxyl groups excluding tert-OH is 1. The fourth-order valence-corrected chi connectivity index (χ4v) is 1.82. The molecule has 1 aromatic rings. The van der Waals surface area contributed by atoms with Crippen molar-refractivity contribution in [2.24, 2.45) is 0 Å². The Morgan fingerprint density at radius 1 is 1.29 bits per heavy atom. The topological polar surface area (TPSA) is 52.5 Å². The Morgan fingerprint density at radius 3 is 2.53 bits per heavy atom. The minimum Gasteiger partial charge on any atom is -0.392 e. The fourth-order valence-electron chi connectivity index (χ4n) is 1.82. The van der Waals surface area contributed by atoms with Gasteiger partial charge in [-0.25, -0.2) is 0 Å². The highest BCUT2D eigenvalue weighted by molar-refractivity contribution is 5.21. The van der Waals surface area contributed by atoms with Crippen LogP contribution in [-0.4, -0.2) is 29.4 Å². The molecule has 96 valence electrons. The Kier molecular flexibility index (Phi) is 5.62. The fraction of sp³-hybridized carbons (Fsp3) is 0.571. The monoisotopic (exact) mass is 237 g/mol. The average molecular weight is 237 g/mol. The van der Waals surface area contributed by atoms with Crippen LogP contribution in [0.25, 0.3) is 0 Å². The van der Waals surface area contributed by atoms with Crippen molar-refractivity contribution < 1.29 is 10.2 Å². The molecule has 0 aliphatic heterocycles. The zero-order valence-electron chi connectivity index (χ0n) is 10.7. The summed E-state index contributed by atoms with van der Waals surface area (Å²) in [7, 11) is 0. The first kappa shape index (κ1) is 14.2. The van der Waals surface area contributed by atoms with Crippen LogP contribution >= 0.6 is 0 Å². The smallest absolute Gasteiger partial charge is 0.0992 e. The molecule has 0 saturated heterocycles. The summed E-state index contributed by atoms with van der Waals surface area (Å²) in [6.45, 7) is 4.79. The molecule has 0 bridgehead atoms. The van der Waals surface area contributed by atoms with Crippen LogP contribution in [0.1, 0.15) is 32.3 Å². The first-order valence-corrected chi connectivity index (χ1v) is 6.23. The Balaban J connectivity index is 2.40. The molecular weight excluding hydrogens is 214 g/mol. The average Bonchev–Trinajstić information content (AvgIpc) is 2.30. The highest BCUT2D eigenvalue weighted by atomic mass is 16.3. The van der Waals surface area contributed by atoms with E-state index in [-0.39, 0.29) is 6.10 Å². The van der Waals surface area contributed by atoms with E-state index in [0.29, 0.717) is 13.1 Å². The summed E-state index contributed by atoms with van der Waals surface area (Å²) in [5.74, 6) is 0. The first-order chi connectivity index (χ1) is 8.06. The molecule has 2 atom stereocenters. The van der Waals surface area contributed by atoms with Crippen LogP contribution in [0.4, 0.5) is 0 Å². The van der Waals surface area contributed by atoms with E-state index in [0.717, 1.165) is 18.4 Å². The molecule has 3 heteroatoms. The van der Waals surface area contributed by atoms with Crippen molar-refractivity contribution in [1.29, 1.82) is 0 Å². The van der Waals surface area contributed by atoms with Gasteiger partial charge in [0.05, 0.1) is 11.7 Å². The van der Waals surface area contributed by atoms with E-state index >= 15 is 0 Å².